The first-order chi connectivity index (χ1) is 14.2. The number of carbonyl (C=O) groups excluding carboxylic acids is 1. The van der Waals surface area contributed by atoms with Gasteiger partial charge in [-0.15, -0.1) is 0 Å². The van der Waals surface area contributed by atoms with E-state index in [1.54, 1.807) is 7.11 Å². The molecule has 3 heterocycles. The number of nitrogens with zero attached hydrogens (tertiary/aromatic N) is 2. The number of benzene rings is 1. The van der Waals surface area contributed by atoms with E-state index in [-0.39, 0.29) is 23.5 Å². The van der Waals surface area contributed by atoms with Crippen LogP contribution in [0.25, 0.3) is 0 Å². The first kappa shape index (κ1) is 19.9. The van der Waals surface area contributed by atoms with Crippen LogP contribution < -0.4 is 9.64 Å². The summed E-state index contributed by atoms with van der Waals surface area (Å²) in [5.74, 6) is 0.468. The molecule has 2 fully saturated rings. The van der Waals surface area contributed by atoms with Crippen molar-refractivity contribution in [3.05, 3.63) is 35.9 Å². The summed E-state index contributed by atoms with van der Waals surface area (Å²) in [6.45, 7) is 7.32. The van der Waals surface area contributed by atoms with Crippen molar-refractivity contribution in [2.75, 3.05) is 32.1 Å². The van der Waals surface area contributed by atoms with Gasteiger partial charge in [-0.2, -0.15) is 0 Å². The molecule has 5 rings (SSSR count). The zero-order valence-corrected chi connectivity index (χ0v) is 18.5. The number of hydrogen-bond donors (Lipinski definition) is 1. The van der Waals surface area contributed by atoms with Crippen molar-refractivity contribution < 1.29 is 19.4 Å². The molecule has 1 aromatic carbocycles. The minimum Gasteiger partial charge on any atom is -0.497 e. The molecular weight excluding hydrogens is 380 g/mol. The van der Waals surface area contributed by atoms with Gasteiger partial charge in [0.15, 0.2) is 0 Å². The Balaban J connectivity index is 1.81. The zero-order chi connectivity index (χ0) is 21.5. The second-order valence-electron chi connectivity index (χ2n) is 9.67. The van der Waals surface area contributed by atoms with Gasteiger partial charge >= 0.3 is 5.97 Å². The Bertz CT molecular complexity index is 928. The van der Waals surface area contributed by atoms with Crippen molar-refractivity contribution in [1.82, 2.24) is 4.90 Å². The van der Waals surface area contributed by atoms with Gasteiger partial charge in [-0.25, -0.2) is 0 Å². The third kappa shape index (κ3) is 2.14. The smallest absolute Gasteiger partial charge is 0.303 e. The maximum Gasteiger partial charge on any atom is 0.303 e. The molecule has 30 heavy (non-hydrogen) atoms. The number of anilines is 1. The van der Waals surface area contributed by atoms with E-state index in [1.807, 2.05) is 13.0 Å². The highest BCUT2D eigenvalue weighted by molar-refractivity contribution is 5.71. The van der Waals surface area contributed by atoms with E-state index < -0.39 is 17.1 Å². The monoisotopic (exact) mass is 412 g/mol. The normalized spacial score (nSPS) is 41.3. The molecule has 1 saturated carbocycles. The van der Waals surface area contributed by atoms with Gasteiger partial charge in [0, 0.05) is 49.1 Å². The van der Waals surface area contributed by atoms with Gasteiger partial charge in [0.2, 0.25) is 0 Å². The molecule has 0 amide bonds. The van der Waals surface area contributed by atoms with E-state index in [4.69, 9.17) is 9.47 Å². The highest BCUT2D eigenvalue weighted by Crippen LogP contribution is 2.67. The fourth-order valence-electron chi connectivity index (χ4n) is 7.68. The summed E-state index contributed by atoms with van der Waals surface area (Å²) >= 11 is 0. The van der Waals surface area contributed by atoms with Crippen LogP contribution in [0.2, 0.25) is 0 Å². The van der Waals surface area contributed by atoms with Gasteiger partial charge in [0.25, 0.3) is 0 Å². The maximum absolute atomic E-state index is 12.2. The van der Waals surface area contributed by atoms with Crippen molar-refractivity contribution in [3.63, 3.8) is 0 Å². The minimum absolute atomic E-state index is 0.159. The van der Waals surface area contributed by atoms with Gasteiger partial charge in [-0.3, -0.25) is 9.69 Å². The number of ether oxygens (including phenoxy) is 2. The van der Waals surface area contributed by atoms with Crippen LogP contribution in [0.1, 0.15) is 39.2 Å². The number of fused-ring (bicyclic) bond motifs is 1. The molecular formula is C24H32N2O4. The van der Waals surface area contributed by atoms with E-state index in [9.17, 15) is 9.90 Å². The predicted octanol–water partition coefficient (Wildman–Crippen LogP) is 2.49. The van der Waals surface area contributed by atoms with E-state index in [0.717, 1.165) is 37.4 Å². The Morgan fingerprint density at radius 2 is 2.10 bits per heavy atom. The average Bonchev–Trinajstić information content (AvgIpc) is 3.22. The molecule has 6 unspecified atom stereocenters. The molecule has 6 nitrogen and oxygen atoms in total. The fraction of sp³-hybridized carbons (Fsp3) is 0.625. The number of rotatable bonds is 3. The third-order valence-corrected chi connectivity index (χ3v) is 8.37. The Morgan fingerprint density at radius 3 is 2.77 bits per heavy atom. The molecule has 1 saturated heterocycles. The predicted molar refractivity (Wildman–Crippen MR) is 115 cm³/mol. The van der Waals surface area contributed by atoms with Crippen LogP contribution in [0.15, 0.2) is 30.4 Å². The van der Waals surface area contributed by atoms with Crippen molar-refractivity contribution in [1.29, 1.82) is 0 Å². The van der Waals surface area contributed by atoms with Crippen LogP contribution in [0.4, 0.5) is 5.69 Å². The zero-order valence-electron chi connectivity index (χ0n) is 18.5. The maximum atomic E-state index is 12.2. The average molecular weight is 413 g/mol. The summed E-state index contributed by atoms with van der Waals surface area (Å²) in [7, 11) is 3.73. The quantitative estimate of drug-likeness (QED) is 0.608. The first-order valence-electron chi connectivity index (χ1n) is 11.0. The molecule has 3 aliphatic heterocycles. The van der Waals surface area contributed by atoms with E-state index in [0.29, 0.717) is 0 Å². The standard InChI is InChI=1S/C24H32N2O4/c1-6-23-10-7-12-26-13-11-24(20(23)26)17-9-8-16(29-5)14-18(17)25(4)19(24)22(3,28)21(23)30-15(2)27/h7-10,14,19-21,28H,6,11-13H2,1-5H3. The lowest BCUT2D eigenvalue weighted by molar-refractivity contribution is -0.213. The van der Waals surface area contributed by atoms with Gasteiger partial charge < -0.3 is 19.5 Å². The largest absolute Gasteiger partial charge is 0.497 e. The molecule has 1 aromatic rings. The summed E-state index contributed by atoms with van der Waals surface area (Å²) in [4.78, 5) is 16.9. The van der Waals surface area contributed by atoms with E-state index in [2.05, 4.69) is 48.1 Å². The van der Waals surface area contributed by atoms with Crippen molar-refractivity contribution in [3.8, 4) is 5.75 Å². The van der Waals surface area contributed by atoms with Crippen LogP contribution in [-0.4, -0.2) is 67.0 Å². The lowest BCUT2D eigenvalue weighted by Gasteiger charge is -2.64. The highest BCUT2D eigenvalue weighted by atomic mass is 16.6. The number of aliphatic hydroxyl groups is 1. The van der Waals surface area contributed by atoms with Gasteiger partial charge in [-0.05, 0) is 37.9 Å². The number of likely N-dealkylation sites (N-methyl/N-ethyl adjacent to an activating group) is 1. The summed E-state index contributed by atoms with van der Waals surface area (Å²) in [5.41, 5.74) is 0.471. The molecule has 4 aliphatic rings. The molecule has 0 aromatic heterocycles. The van der Waals surface area contributed by atoms with Crippen molar-refractivity contribution in [2.45, 2.75) is 62.8 Å². The lowest BCUT2D eigenvalue weighted by atomic mass is 9.48. The van der Waals surface area contributed by atoms with E-state index in [1.165, 1.54) is 12.5 Å². The SMILES string of the molecule is CCC12C=CCN3CCC4(c5ccc(OC)cc5N(C)C4C(C)(O)C1OC(C)=O)C32. The second-order valence-corrected chi connectivity index (χ2v) is 9.67. The van der Waals surface area contributed by atoms with Crippen molar-refractivity contribution in [2.24, 2.45) is 5.41 Å². The summed E-state index contributed by atoms with van der Waals surface area (Å²) < 4.78 is 11.5. The van der Waals surface area contributed by atoms with Crippen LogP contribution in [0.5, 0.6) is 5.75 Å². The summed E-state index contributed by atoms with van der Waals surface area (Å²) in [5, 5.41) is 12.2. The molecule has 162 valence electrons. The first-order valence-corrected chi connectivity index (χ1v) is 11.0. The molecule has 1 spiro atoms. The molecule has 0 bridgehead atoms. The Labute approximate surface area is 178 Å². The van der Waals surface area contributed by atoms with Gasteiger partial charge in [0.05, 0.1) is 13.2 Å². The summed E-state index contributed by atoms with van der Waals surface area (Å²) in [6, 6.07) is 6.26. The Morgan fingerprint density at radius 1 is 1.33 bits per heavy atom. The summed E-state index contributed by atoms with van der Waals surface area (Å²) in [6.07, 6.45) is 5.58. The second kappa shape index (κ2) is 6.24. The highest BCUT2D eigenvalue weighted by Gasteiger charge is 2.76. The van der Waals surface area contributed by atoms with Gasteiger partial charge in [-0.1, -0.05) is 25.1 Å². The van der Waals surface area contributed by atoms with Crippen LogP contribution in [-0.2, 0) is 14.9 Å². The number of methoxy groups -OCH3 is 1. The van der Waals surface area contributed by atoms with E-state index >= 15 is 0 Å². The molecule has 1 N–H and O–H groups in total. The molecule has 0 radical (unpaired) electrons. The third-order valence-electron chi connectivity index (χ3n) is 8.37. The minimum atomic E-state index is -1.23. The Hall–Kier alpha value is -2.05. The molecule has 6 atom stereocenters. The Kier molecular flexibility index (Phi) is 4.13. The van der Waals surface area contributed by atoms with Crippen LogP contribution >= 0.6 is 0 Å². The number of hydrogen-bond acceptors (Lipinski definition) is 6. The molecule has 6 heteroatoms. The molecule has 1 aliphatic carbocycles. The van der Waals surface area contributed by atoms with Gasteiger partial charge in [0.1, 0.15) is 17.5 Å². The van der Waals surface area contributed by atoms with Crippen LogP contribution in [0, 0.1) is 5.41 Å². The fourth-order valence-corrected chi connectivity index (χ4v) is 7.68. The number of carbonyl (C=O) groups is 1. The topological polar surface area (TPSA) is 62.2 Å². The van der Waals surface area contributed by atoms with Crippen molar-refractivity contribution >= 4 is 11.7 Å². The lowest BCUT2D eigenvalue weighted by Crippen LogP contribution is -2.78. The number of esters is 1. The van der Waals surface area contributed by atoms with Crippen LogP contribution in [0.3, 0.4) is 0 Å².